The zero-order valence-corrected chi connectivity index (χ0v) is 21.2. The SMILES string of the molecule is CN(C)CCc1cc(-c2nc(NCCN3C(=O)NC(=O)C3(C)C)ncc2Br)sc1Br. The molecule has 0 bridgehead atoms. The summed E-state index contributed by atoms with van der Waals surface area (Å²) in [7, 11) is 4.12. The van der Waals surface area contributed by atoms with Crippen LogP contribution in [0.25, 0.3) is 10.6 Å². The van der Waals surface area contributed by atoms with Crippen molar-refractivity contribution in [2.24, 2.45) is 0 Å². The van der Waals surface area contributed by atoms with Gasteiger partial charge in [-0.25, -0.2) is 14.8 Å². The molecule has 8 nitrogen and oxygen atoms in total. The Bertz CT molecular complexity index is 962. The molecule has 162 valence electrons. The molecular weight excluding hydrogens is 536 g/mol. The number of likely N-dealkylation sites (N-methyl/N-ethyl adjacent to an activating group) is 1. The zero-order valence-electron chi connectivity index (χ0n) is 17.3. The minimum Gasteiger partial charge on any atom is -0.352 e. The van der Waals surface area contributed by atoms with Crippen LogP contribution in [-0.4, -0.2) is 71.0 Å². The largest absolute Gasteiger partial charge is 0.352 e. The smallest absolute Gasteiger partial charge is 0.325 e. The van der Waals surface area contributed by atoms with Crippen LogP contribution in [0.2, 0.25) is 0 Å². The van der Waals surface area contributed by atoms with Crippen molar-refractivity contribution in [3.63, 3.8) is 0 Å². The minimum atomic E-state index is -0.864. The first-order valence-corrected chi connectivity index (χ1v) is 11.8. The number of carbonyl (C=O) groups excluding carboxylic acids is 2. The molecule has 3 amide bonds. The van der Waals surface area contributed by atoms with Crippen LogP contribution in [0.3, 0.4) is 0 Å². The fourth-order valence-corrected chi connectivity index (χ4v) is 5.33. The van der Waals surface area contributed by atoms with Crippen LogP contribution in [-0.2, 0) is 11.2 Å². The predicted octanol–water partition coefficient (Wildman–Crippen LogP) is 3.58. The molecule has 1 aliphatic rings. The second-order valence-corrected chi connectivity index (χ2v) is 11.0. The molecule has 2 aromatic heterocycles. The maximum atomic E-state index is 12.0. The molecule has 3 rings (SSSR count). The summed E-state index contributed by atoms with van der Waals surface area (Å²) < 4.78 is 1.91. The summed E-state index contributed by atoms with van der Waals surface area (Å²) in [5.74, 6) is 0.180. The Kier molecular flexibility index (Phi) is 7.16. The lowest BCUT2D eigenvalue weighted by atomic mass is 10.0. The van der Waals surface area contributed by atoms with Crippen molar-refractivity contribution in [2.45, 2.75) is 25.8 Å². The van der Waals surface area contributed by atoms with Gasteiger partial charge in [0.2, 0.25) is 5.95 Å². The Labute approximate surface area is 196 Å². The molecule has 1 saturated heterocycles. The van der Waals surface area contributed by atoms with Gasteiger partial charge in [-0.15, -0.1) is 11.3 Å². The van der Waals surface area contributed by atoms with Gasteiger partial charge in [-0.1, -0.05) is 0 Å². The van der Waals surface area contributed by atoms with Gasteiger partial charge in [0, 0.05) is 25.8 Å². The highest BCUT2D eigenvalue weighted by molar-refractivity contribution is 9.11. The van der Waals surface area contributed by atoms with Crippen LogP contribution in [0, 0.1) is 0 Å². The summed E-state index contributed by atoms with van der Waals surface area (Å²) in [6.45, 7) is 5.20. The Hall–Kier alpha value is -1.56. The van der Waals surface area contributed by atoms with E-state index in [4.69, 9.17) is 0 Å². The van der Waals surface area contributed by atoms with Gasteiger partial charge in [0.25, 0.3) is 5.91 Å². The molecular formula is C19H24Br2N6O2S. The summed E-state index contributed by atoms with van der Waals surface area (Å²) in [5.41, 5.74) is 1.19. The number of nitrogens with zero attached hydrogens (tertiary/aromatic N) is 4. The minimum absolute atomic E-state index is 0.289. The summed E-state index contributed by atoms with van der Waals surface area (Å²) in [4.78, 5) is 37.5. The number of urea groups is 1. The van der Waals surface area contributed by atoms with Gasteiger partial charge in [-0.2, -0.15) is 0 Å². The van der Waals surface area contributed by atoms with Crippen LogP contribution in [0.1, 0.15) is 19.4 Å². The van der Waals surface area contributed by atoms with Crippen LogP contribution in [0.15, 0.2) is 20.5 Å². The molecule has 0 aliphatic carbocycles. The number of aromatic nitrogens is 2. The Balaban J connectivity index is 1.69. The van der Waals surface area contributed by atoms with E-state index in [0.29, 0.717) is 19.0 Å². The zero-order chi connectivity index (χ0) is 22.1. The van der Waals surface area contributed by atoms with Gasteiger partial charge >= 0.3 is 6.03 Å². The van der Waals surface area contributed by atoms with Crippen LogP contribution < -0.4 is 10.6 Å². The van der Waals surface area contributed by atoms with Crippen molar-refractivity contribution in [1.29, 1.82) is 0 Å². The lowest BCUT2D eigenvalue weighted by Crippen LogP contribution is -2.46. The Morgan fingerprint density at radius 1 is 1.30 bits per heavy atom. The Morgan fingerprint density at radius 3 is 2.67 bits per heavy atom. The molecule has 0 unspecified atom stereocenters. The van der Waals surface area contributed by atoms with Crippen molar-refractivity contribution in [3.05, 3.63) is 26.1 Å². The normalized spacial score (nSPS) is 15.8. The van der Waals surface area contributed by atoms with Gasteiger partial charge in [-0.3, -0.25) is 10.1 Å². The number of nitrogens with one attached hydrogen (secondary N) is 2. The van der Waals surface area contributed by atoms with Crippen molar-refractivity contribution < 1.29 is 9.59 Å². The van der Waals surface area contributed by atoms with E-state index in [0.717, 1.165) is 31.8 Å². The number of carbonyl (C=O) groups is 2. The molecule has 0 saturated carbocycles. The second kappa shape index (κ2) is 9.29. The fourth-order valence-electron chi connectivity index (χ4n) is 3.02. The molecule has 11 heteroatoms. The van der Waals surface area contributed by atoms with Gasteiger partial charge in [0.05, 0.1) is 13.1 Å². The monoisotopic (exact) mass is 558 g/mol. The predicted molar refractivity (Wildman–Crippen MR) is 126 cm³/mol. The fraction of sp³-hybridized carbons (Fsp3) is 0.474. The molecule has 2 aromatic rings. The van der Waals surface area contributed by atoms with Crippen molar-refractivity contribution >= 4 is 61.1 Å². The number of thiophene rings is 1. The van der Waals surface area contributed by atoms with Gasteiger partial charge in [0.1, 0.15) is 11.2 Å². The molecule has 30 heavy (non-hydrogen) atoms. The highest BCUT2D eigenvalue weighted by atomic mass is 79.9. The molecule has 3 heterocycles. The Morgan fingerprint density at radius 2 is 2.03 bits per heavy atom. The highest BCUT2D eigenvalue weighted by Gasteiger charge is 2.45. The summed E-state index contributed by atoms with van der Waals surface area (Å²) in [6.07, 6.45) is 2.66. The first-order valence-electron chi connectivity index (χ1n) is 9.42. The third-order valence-electron chi connectivity index (χ3n) is 4.88. The van der Waals surface area contributed by atoms with Crippen molar-refractivity contribution in [1.82, 2.24) is 25.1 Å². The maximum absolute atomic E-state index is 12.0. The van der Waals surface area contributed by atoms with Crippen molar-refractivity contribution in [2.75, 3.05) is 39.0 Å². The number of amides is 3. The maximum Gasteiger partial charge on any atom is 0.325 e. The average molecular weight is 560 g/mol. The lowest BCUT2D eigenvalue weighted by molar-refractivity contribution is -0.125. The molecule has 0 spiro atoms. The molecule has 1 aliphatic heterocycles. The molecule has 0 atom stereocenters. The lowest BCUT2D eigenvalue weighted by Gasteiger charge is -2.27. The second-order valence-electron chi connectivity index (χ2n) is 7.75. The quantitative estimate of drug-likeness (QED) is 0.480. The van der Waals surface area contributed by atoms with Crippen LogP contribution in [0.5, 0.6) is 0 Å². The summed E-state index contributed by atoms with van der Waals surface area (Å²) in [6, 6.07) is 1.77. The summed E-state index contributed by atoms with van der Waals surface area (Å²) >= 11 is 8.85. The third kappa shape index (κ3) is 5.01. The number of hydrogen-bond acceptors (Lipinski definition) is 7. The number of hydrogen-bond donors (Lipinski definition) is 2. The van der Waals surface area contributed by atoms with E-state index in [2.05, 4.69) is 77.5 Å². The van der Waals surface area contributed by atoms with E-state index in [9.17, 15) is 9.59 Å². The molecule has 0 aromatic carbocycles. The van der Waals surface area contributed by atoms with E-state index in [1.165, 1.54) is 10.5 Å². The molecule has 0 radical (unpaired) electrons. The first-order chi connectivity index (χ1) is 14.1. The number of imide groups is 1. The van der Waals surface area contributed by atoms with E-state index < -0.39 is 5.54 Å². The van der Waals surface area contributed by atoms with Crippen LogP contribution in [0.4, 0.5) is 10.7 Å². The highest BCUT2D eigenvalue weighted by Crippen LogP contribution is 2.37. The third-order valence-corrected chi connectivity index (χ3v) is 7.43. The van der Waals surface area contributed by atoms with Gasteiger partial charge in [0.15, 0.2) is 0 Å². The van der Waals surface area contributed by atoms with Crippen molar-refractivity contribution in [3.8, 4) is 10.6 Å². The molecule has 1 fully saturated rings. The first kappa shape index (κ1) is 23.1. The van der Waals surface area contributed by atoms with E-state index in [1.807, 2.05) is 0 Å². The average Bonchev–Trinajstić information content (AvgIpc) is 3.12. The van der Waals surface area contributed by atoms with Gasteiger partial charge < -0.3 is 15.1 Å². The van der Waals surface area contributed by atoms with E-state index in [-0.39, 0.29) is 11.9 Å². The summed E-state index contributed by atoms with van der Waals surface area (Å²) in [5, 5.41) is 5.50. The van der Waals surface area contributed by atoms with E-state index >= 15 is 0 Å². The van der Waals surface area contributed by atoms with Gasteiger partial charge in [-0.05, 0) is 77.9 Å². The topological polar surface area (TPSA) is 90.5 Å². The number of anilines is 1. The van der Waals surface area contributed by atoms with E-state index in [1.54, 1.807) is 31.4 Å². The number of rotatable bonds is 8. The standard InChI is InChI=1S/C19H24Br2N6O2S/c1-19(2)16(28)25-18(29)27(19)8-6-22-17-23-10-12(20)14(24-17)13-9-11(15(21)30-13)5-7-26(3)4/h9-10H,5-8H2,1-4H3,(H,22,23,24)(H,25,28,29). The molecule has 2 N–H and O–H groups in total. The number of halogens is 2. The van der Waals surface area contributed by atoms with Crippen LogP contribution >= 0.6 is 43.2 Å².